The van der Waals surface area contributed by atoms with Gasteiger partial charge >= 0.3 is 11.1 Å². The molecule has 0 amide bonds. The van der Waals surface area contributed by atoms with Crippen LogP contribution < -0.4 is 21.6 Å². The zero-order valence-corrected chi connectivity index (χ0v) is 12.5. The van der Waals surface area contributed by atoms with Gasteiger partial charge in [0, 0.05) is 30.6 Å². The Kier molecular flexibility index (Phi) is 4.23. The standard InChI is InChI=1S/C14H15N3O3S/c1-16-5-6-17(14(19)13(16)18)8-10-7-9(12(15)21)3-4-11(10)20-2/h3-7H,8H2,1-2H3,(H2,15,21). The van der Waals surface area contributed by atoms with Crippen molar-refractivity contribution in [1.82, 2.24) is 9.13 Å². The molecule has 2 rings (SSSR count). The average Bonchev–Trinajstić information content (AvgIpc) is 2.47. The average molecular weight is 305 g/mol. The summed E-state index contributed by atoms with van der Waals surface area (Å²) in [5, 5.41) is 0. The lowest BCUT2D eigenvalue weighted by atomic mass is 10.1. The van der Waals surface area contributed by atoms with E-state index >= 15 is 0 Å². The molecule has 0 radical (unpaired) electrons. The Morgan fingerprint density at radius 3 is 2.62 bits per heavy atom. The first-order chi connectivity index (χ1) is 9.93. The zero-order chi connectivity index (χ0) is 15.6. The molecule has 0 saturated heterocycles. The molecule has 0 fully saturated rings. The normalized spacial score (nSPS) is 10.4. The number of ether oxygens (including phenoxy) is 1. The van der Waals surface area contributed by atoms with Crippen LogP contribution in [0, 0.1) is 0 Å². The third-order valence-corrected chi connectivity index (χ3v) is 3.38. The van der Waals surface area contributed by atoms with E-state index in [9.17, 15) is 9.59 Å². The Hall–Kier alpha value is -2.41. The number of aromatic nitrogens is 2. The van der Waals surface area contributed by atoms with Crippen LogP contribution in [0.15, 0.2) is 40.2 Å². The highest BCUT2D eigenvalue weighted by molar-refractivity contribution is 7.80. The van der Waals surface area contributed by atoms with E-state index in [1.807, 2.05) is 0 Å². The summed E-state index contributed by atoms with van der Waals surface area (Å²) in [5.74, 6) is 0.600. The number of hydrogen-bond acceptors (Lipinski definition) is 4. The molecule has 0 atom stereocenters. The van der Waals surface area contributed by atoms with Gasteiger partial charge in [-0.05, 0) is 18.2 Å². The van der Waals surface area contributed by atoms with Crippen molar-refractivity contribution < 1.29 is 4.74 Å². The second-order valence-corrected chi connectivity index (χ2v) is 4.98. The van der Waals surface area contributed by atoms with Crippen molar-refractivity contribution in [3.05, 3.63) is 62.4 Å². The monoisotopic (exact) mass is 305 g/mol. The molecule has 2 aromatic rings. The van der Waals surface area contributed by atoms with Gasteiger partial charge < -0.3 is 19.6 Å². The van der Waals surface area contributed by atoms with Crippen molar-refractivity contribution >= 4 is 17.2 Å². The Bertz CT molecular complexity index is 808. The highest BCUT2D eigenvalue weighted by Crippen LogP contribution is 2.20. The molecule has 21 heavy (non-hydrogen) atoms. The van der Waals surface area contributed by atoms with E-state index in [2.05, 4.69) is 0 Å². The minimum atomic E-state index is -0.595. The molecule has 1 aromatic carbocycles. The molecule has 1 aromatic heterocycles. The SMILES string of the molecule is COc1ccc(C(N)=S)cc1Cn1ccn(C)c(=O)c1=O. The van der Waals surface area contributed by atoms with Gasteiger partial charge in [0.1, 0.15) is 10.7 Å². The maximum atomic E-state index is 12.0. The summed E-state index contributed by atoms with van der Waals surface area (Å²) in [6, 6.07) is 5.23. The van der Waals surface area contributed by atoms with Gasteiger partial charge in [0.05, 0.1) is 13.7 Å². The largest absolute Gasteiger partial charge is 0.496 e. The quantitative estimate of drug-likeness (QED) is 0.646. The summed E-state index contributed by atoms with van der Waals surface area (Å²) < 4.78 is 7.82. The highest BCUT2D eigenvalue weighted by Gasteiger charge is 2.09. The fraction of sp³-hybridized carbons (Fsp3) is 0.214. The van der Waals surface area contributed by atoms with Gasteiger partial charge in [-0.25, -0.2) is 0 Å². The first-order valence-corrected chi connectivity index (χ1v) is 6.57. The summed E-state index contributed by atoms with van der Waals surface area (Å²) in [7, 11) is 3.06. The van der Waals surface area contributed by atoms with Gasteiger partial charge in [-0.15, -0.1) is 0 Å². The van der Waals surface area contributed by atoms with Crippen molar-refractivity contribution in [3.63, 3.8) is 0 Å². The molecule has 0 unspecified atom stereocenters. The molecule has 0 spiro atoms. The lowest BCUT2D eigenvalue weighted by Crippen LogP contribution is -2.39. The van der Waals surface area contributed by atoms with Crippen LogP contribution >= 0.6 is 12.2 Å². The molecule has 0 aliphatic rings. The molecule has 110 valence electrons. The van der Waals surface area contributed by atoms with Crippen LogP contribution in [0.25, 0.3) is 0 Å². The van der Waals surface area contributed by atoms with Crippen LogP contribution in [0.3, 0.4) is 0 Å². The van der Waals surface area contributed by atoms with Gasteiger partial charge in [-0.3, -0.25) is 9.59 Å². The summed E-state index contributed by atoms with van der Waals surface area (Å²) in [6.45, 7) is 0.203. The van der Waals surface area contributed by atoms with Crippen molar-refractivity contribution in [2.45, 2.75) is 6.54 Å². The molecule has 1 heterocycles. The molecule has 6 nitrogen and oxygen atoms in total. The molecule has 7 heteroatoms. The number of thiocarbonyl (C=S) groups is 1. The van der Waals surface area contributed by atoms with Crippen molar-refractivity contribution in [1.29, 1.82) is 0 Å². The summed E-state index contributed by atoms with van der Waals surface area (Å²) in [6.07, 6.45) is 3.09. The van der Waals surface area contributed by atoms with Crippen molar-refractivity contribution in [2.75, 3.05) is 7.11 Å². The van der Waals surface area contributed by atoms with Crippen LogP contribution in [0.5, 0.6) is 5.75 Å². The molecule has 0 saturated carbocycles. The lowest BCUT2D eigenvalue weighted by molar-refractivity contribution is 0.408. The van der Waals surface area contributed by atoms with Gasteiger partial charge in [0.25, 0.3) is 0 Å². The fourth-order valence-corrected chi connectivity index (χ4v) is 2.08. The second-order valence-electron chi connectivity index (χ2n) is 4.54. The number of methoxy groups -OCH3 is 1. The highest BCUT2D eigenvalue weighted by atomic mass is 32.1. The van der Waals surface area contributed by atoms with Crippen molar-refractivity contribution in [3.8, 4) is 5.75 Å². The van der Waals surface area contributed by atoms with E-state index in [4.69, 9.17) is 22.7 Å². The van der Waals surface area contributed by atoms with Crippen LogP contribution in [-0.2, 0) is 13.6 Å². The molecule has 0 aliphatic heterocycles. The van der Waals surface area contributed by atoms with Gasteiger partial charge in [-0.1, -0.05) is 12.2 Å². The van der Waals surface area contributed by atoms with E-state index in [0.29, 0.717) is 11.3 Å². The topological polar surface area (TPSA) is 79.2 Å². The van der Waals surface area contributed by atoms with Gasteiger partial charge in [-0.2, -0.15) is 0 Å². The second kappa shape index (κ2) is 5.92. The first kappa shape index (κ1) is 15.0. The fourth-order valence-electron chi connectivity index (χ4n) is 1.95. The number of benzene rings is 1. The number of hydrogen-bond donors (Lipinski definition) is 1. The van der Waals surface area contributed by atoms with E-state index in [1.165, 1.54) is 29.5 Å². The summed E-state index contributed by atoms with van der Waals surface area (Å²) in [5.41, 5.74) is 5.83. The zero-order valence-electron chi connectivity index (χ0n) is 11.7. The maximum Gasteiger partial charge on any atom is 0.316 e. The van der Waals surface area contributed by atoms with Gasteiger partial charge in [0.15, 0.2) is 0 Å². The first-order valence-electron chi connectivity index (χ1n) is 6.17. The third-order valence-electron chi connectivity index (χ3n) is 3.14. The number of nitrogens with two attached hydrogens (primary N) is 1. The smallest absolute Gasteiger partial charge is 0.316 e. The third kappa shape index (κ3) is 3.03. The number of rotatable bonds is 4. The molecule has 2 N–H and O–H groups in total. The minimum absolute atomic E-state index is 0.203. The molecule has 0 aliphatic carbocycles. The van der Waals surface area contributed by atoms with E-state index in [0.717, 1.165) is 5.56 Å². The summed E-state index contributed by atoms with van der Waals surface area (Å²) >= 11 is 4.94. The van der Waals surface area contributed by atoms with E-state index in [-0.39, 0.29) is 11.5 Å². The summed E-state index contributed by atoms with van der Waals surface area (Å²) in [4.78, 5) is 23.9. The van der Waals surface area contributed by atoms with Crippen molar-refractivity contribution in [2.24, 2.45) is 12.8 Å². The Labute approximate surface area is 126 Å². The molecular formula is C14H15N3O3S. The van der Waals surface area contributed by atoms with Crippen LogP contribution in [0.2, 0.25) is 0 Å². The number of aryl methyl sites for hydroxylation is 1. The predicted octanol–water partition coefficient (Wildman–Crippen LogP) is 0.238. The van der Waals surface area contributed by atoms with E-state index < -0.39 is 11.1 Å². The minimum Gasteiger partial charge on any atom is -0.496 e. The lowest BCUT2D eigenvalue weighted by Gasteiger charge is -2.12. The maximum absolute atomic E-state index is 12.0. The van der Waals surface area contributed by atoms with Crippen LogP contribution in [0.1, 0.15) is 11.1 Å². The Balaban J connectivity index is 2.50. The van der Waals surface area contributed by atoms with Crippen LogP contribution in [-0.4, -0.2) is 21.2 Å². The van der Waals surface area contributed by atoms with Crippen LogP contribution in [0.4, 0.5) is 0 Å². The predicted molar refractivity (Wildman–Crippen MR) is 83.9 cm³/mol. The Morgan fingerprint density at radius 2 is 2.00 bits per heavy atom. The Morgan fingerprint density at radius 1 is 1.29 bits per heavy atom. The van der Waals surface area contributed by atoms with E-state index in [1.54, 1.807) is 24.4 Å². The molecule has 0 bridgehead atoms. The number of nitrogens with zero attached hydrogens (tertiary/aromatic N) is 2. The van der Waals surface area contributed by atoms with Gasteiger partial charge in [0.2, 0.25) is 0 Å². The molecular weight excluding hydrogens is 290 g/mol.